The highest BCUT2D eigenvalue weighted by atomic mass is 32.2. The summed E-state index contributed by atoms with van der Waals surface area (Å²) in [5.41, 5.74) is 1.06. The van der Waals surface area contributed by atoms with E-state index in [4.69, 9.17) is 0 Å². The van der Waals surface area contributed by atoms with Gasteiger partial charge >= 0.3 is 0 Å². The van der Waals surface area contributed by atoms with Gasteiger partial charge in [0.25, 0.3) is 0 Å². The lowest BCUT2D eigenvalue weighted by Gasteiger charge is -2.40. The molecule has 1 aliphatic rings. The smallest absolute Gasteiger partial charge is 0.207 e. The highest BCUT2D eigenvalue weighted by molar-refractivity contribution is 7.89. The third kappa shape index (κ3) is 3.33. The first-order chi connectivity index (χ1) is 10.4. The Morgan fingerprint density at radius 1 is 1.32 bits per heavy atom. The second-order valence-corrected chi connectivity index (χ2v) is 8.06. The van der Waals surface area contributed by atoms with Crippen molar-refractivity contribution in [3.8, 4) is 0 Å². The van der Waals surface area contributed by atoms with E-state index in [-0.39, 0.29) is 18.0 Å². The molecule has 1 aromatic carbocycles. The van der Waals surface area contributed by atoms with E-state index in [0.717, 1.165) is 12.0 Å². The van der Waals surface area contributed by atoms with Crippen molar-refractivity contribution in [2.75, 3.05) is 0 Å². The lowest BCUT2D eigenvalue weighted by atomic mass is 9.95. The molecule has 1 aliphatic heterocycles. The van der Waals surface area contributed by atoms with Crippen LogP contribution < -0.4 is 0 Å². The molecule has 120 valence electrons. The molecular weight excluding hydrogens is 294 g/mol. The first-order valence-corrected chi connectivity index (χ1v) is 9.19. The monoisotopic (exact) mass is 319 g/mol. The number of sulfonamides is 1. The van der Waals surface area contributed by atoms with Crippen molar-refractivity contribution in [1.29, 1.82) is 0 Å². The highest BCUT2D eigenvalue weighted by Gasteiger charge is 2.38. The minimum Gasteiger partial charge on any atom is -0.207 e. The Balaban J connectivity index is 2.48. The molecular formula is C18H25NO2S. The molecule has 2 atom stereocenters. The maximum atomic E-state index is 13.2. The second kappa shape index (κ2) is 6.80. The largest absolute Gasteiger partial charge is 0.243 e. The molecule has 0 fully saturated rings. The van der Waals surface area contributed by atoms with Crippen molar-refractivity contribution in [3.05, 3.63) is 54.6 Å². The molecule has 0 spiro atoms. The summed E-state index contributed by atoms with van der Waals surface area (Å²) in [7, 11) is -3.51. The van der Waals surface area contributed by atoms with Crippen molar-refractivity contribution >= 4 is 10.0 Å². The van der Waals surface area contributed by atoms with Crippen LogP contribution in [0, 0.1) is 12.8 Å². The van der Waals surface area contributed by atoms with Crippen molar-refractivity contribution < 1.29 is 8.42 Å². The van der Waals surface area contributed by atoms with Gasteiger partial charge < -0.3 is 0 Å². The molecule has 0 unspecified atom stereocenters. The van der Waals surface area contributed by atoms with Gasteiger partial charge in [-0.25, -0.2) is 8.42 Å². The van der Waals surface area contributed by atoms with Gasteiger partial charge in [0.15, 0.2) is 0 Å². The van der Waals surface area contributed by atoms with Crippen molar-refractivity contribution in [1.82, 2.24) is 4.31 Å². The summed E-state index contributed by atoms with van der Waals surface area (Å²) >= 11 is 0. The van der Waals surface area contributed by atoms with E-state index in [2.05, 4.69) is 26.5 Å². The molecule has 1 aromatic rings. The lowest BCUT2D eigenvalue weighted by molar-refractivity contribution is 0.217. The van der Waals surface area contributed by atoms with E-state index in [0.29, 0.717) is 11.3 Å². The van der Waals surface area contributed by atoms with E-state index < -0.39 is 10.0 Å². The zero-order valence-corrected chi connectivity index (χ0v) is 14.4. The van der Waals surface area contributed by atoms with Crippen LogP contribution in [0.4, 0.5) is 0 Å². The Labute approximate surface area is 134 Å². The molecule has 0 amide bonds. The van der Waals surface area contributed by atoms with E-state index in [1.165, 1.54) is 0 Å². The Morgan fingerprint density at radius 3 is 2.50 bits per heavy atom. The molecule has 0 bridgehead atoms. The van der Waals surface area contributed by atoms with Crippen LogP contribution in [0.25, 0.3) is 0 Å². The average Bonchev–Trinajstić information content (AvgIpc) is 2.47. The standard InChI is InChI=1S/C18H25NO2S/c1-5-7-16-8-6-9-18(14(2)3)19(16)22(20,21)17-12-10-15(4)11-13-17/h5-6,8,10-14,16,18H,1,7,9H2,2-4H3/t16-,18-/m1/s1. The van der Waals surface area contributed by atoms with Crippen LogP contribution in [-0.2, 0) is 10.0 Å². The topological polar surface area (TPSA) is 37.4 Å². The zero-order valence-electron chi connectivity index (χ0n) is 13.6. The molecule has 1 heterocycles. The summed E-state index contributed by atoms with van der Waals surface area (Å²) in [6, 6.07) is 6.93. The van der Waals surface area contributed by atoms with Crippen LogP contribution in [0.2, 0.25) is 0 Å². The minimum absolute atomic E-state index is 0.0127. The minimum atomic E-state index is -3.51. The Hall–Kier alpha value is -1.39. The van der Waals surface area contributed by atoms with Crippen LogP contribution in [0.5, 0.6) is 0 Å². The van der Waals surface area contributed by atoms with E-state index in [1.54, 1.807) is 22.5 Å². The highest BCUT2D eigenvalue weighted by Crippen LogP contribution is 2.31. The number of aryl methyl sites for hydroxylation is 1. The van der Waals surface area contributed by atoms with Crippen LogP contribution >= 0.6 is 0 Å². The molecule has 0 N–H and O–H groups in total. The van der Waals surface area contributed by atoms with Gasteiger partial charge in [-0.15, -0.1) is 6.58 Å². The second-order valence-electron chi connectivity index (χ2n) is 6.21. The molecule has 4 heteroatoms. The Bertz CT molecular complexity index is 644. The predicted octanol–water partition coefficient (Wildman–Crippen LogP) is 3.91. The van der Waals surface area contributed by atoms with Gasteiger partial charge in [-0.1, -0.05) is 49.8 Å². The molecule has 0 saturated carbocycles. The normalized spacial score (nSPS) is 22.9. The third-order valence-corrected chi connectivity index (χ3v) is 6.13. The number of nitrogens with zero attached hydrogens (tertiary/aromatic N) is 1. The molecule has 0 aromatic heterocycles. The van der Waals surface area contributed by atoms with Gasteiger partial charge in [0.05, 0.1) is 4.90 Å². The van der Waals surface area contributed by atoms with Crippen molar-refractivity contribution in [2.45, 2.75) is 50.6 Å². The number of benzene rings is 1. The van der Waals surface area contributed by atoms with Gasteiger partial charge in [-0.3, -0.25) is 0 Å². The van der Waals surface area contributed by atoms with E-state index >= 15 is 0 Å². The molecule has 3 nitrogen and oxygen atoms in total. The molecule has 22 heavy (non-hydrogen) atoms. The summed E-state index contributed by atoms with van der Waals surface area (Å²) < 4.78 is 28.0. The van der Waals surface area contributed by atoms with Gasteiger partial charge in [0, 0.05) is 12.1 Å². The van der Waals surface area contributed by atoms with Gasteiger partial charge in [0.2, 0.25) is 10.0 Å². The van der Waals surface area contributed by atoms with Crippen molar-refractivity contribution in [3.63, 3.8) is 0 Å². The molecule has 0 saturated heterocycles. The van der Waals surface area contributed by atoms with Crippen molar-refractivity contribution in [2.24, 2.45) is 5.92 Å². The SMILES string of the molecule is C=CC[C@@H]1C=CC[C@H](C(C)C)N1S(=O)(=O)c1ccc(C)cc1. The molecule has 0 radical (unpaired) electrons. The first-order valence-electron chi connectivity index (χ1n) is 7.75. The molecule has 0 aliphatic carbocycles. The summed E-state index contributed by atoms with van der Waals surface area (Å²) in [5.74, 6) is 0.262. The summed E-state index contributed by atoms with van der Waals surface area (Å²) in [4.78, 5) is 0.369. The maximum absolute atomic E-state index is 13.2. The zero-order chi connectivity index (χ0) is 16.3. The Morgan fingerprint density at radius 2 is 1.95 bits per heavy atom. The van der Waals surface area contributed by atoms with Crippen LogP contribution in [0.15, 0.2) is 54.0 Å². The number of hydrogen-bond donors (Lipinski definition) is 0. The summed E-state index contributed by atoms with van der Waals surface area (Å²) in [6.45, 7) is 9.88. The fourth-order valence-corrected chi connectivity index (χ4v) is 4.84. The van der Waals surface area contributed by atoms with Crippen LogP contribution in [-0.4, -0.2) is 24.8 Å². The molecule has 2 rings (SSSR count). The fraction of sp³-hybridized carbons (Fsp3) is 0.444. The van der Waals surface area contributed by atoms with Crippen LogP contribution in [0.3, 0.4) is 0 Å². The maximum Gasteiger partial charge on any atom is 0.243 e. The van der Waals surface area contributed by atoms with Gasteiger partial charge in [-0.05, 0) is 37.8 Å². The fourth-order valence-electron chi connectivity index (χ4n) is 2.92. The van der Waals surface area contributed by atoms with Gasteiger partial charge in [-0.2, -0.15) is 4.31 Å². The third-order valence-electron chi connectivity index (χ3n) is 4.16. The van der Waals surface area contributed by atoms with Crippen LogP contribution in [0.1, 0.15) is 32.3 Å². The summed E-state index contributed by atoms with van der Waals surface area (Å²) in [6.07, 6.45) is 7.27. The Kier molecular flexibility index (Phi) is 5.24. The lowest BCUT2D eigenvalue weighted by Crippen LogP contribution is -2.50. The average molecular weight is 319 g/mol. The van der Waals surface area contributed by atoms with E-state index in [9.17, 15) is 8.42 Å². The summed E-state index contributed by atoms with van der Waals surface area (Å²) in [5, 5.41) is 0. The quantitative estimate of drug-likeness (QED) is 0.772. The predicted molar refractivity (Wildman–Crippen MR) is 91.2 cm³/mol. The number of rotatable bonds is 5. The van der Waals surface area contributed by atoms with Gasteiger partial charge in [0.1, 0.15) is 0 Å². The first kappa shape index (κ1) is 17.0. The number of hydrogen-bond acceptors (Lipinski definition) is 2. The van der Waals surface area contributed by atoms with E-state index in [1.807, 2.05) is 25.1 Å².